The van der Waals surface area contributed by atoms with E-state index in [9.17, 15) is 26.3 Å². The molecule has 1 rings (SSSR count). The van der Waals surface area contributed by atoms with Crippen molar-refractivity contribution in [3.63, 3.8) is 0 Å². The number of nitrogens with zero attached hydrogens (tertiary/aromatic N) is 2. The average Bonchev–Trinajstić information content (AvgIpc) is 2.25. The SMILES string of the molecule is Cn1cc(CC(F)(F)F)c(C(F)(F)F)n1. The van der Waals surface area contributed by atoms with Crippen LogP contribution in [-0.2, 0) is 19.6 Å². The molecular weight excluding hydrogens is 226 g/mol. The molecule has 0 fully saturated rings. The van der Waals surface area contributed by atoms with Crippen molar-refractivity contribution < 1.29 is 26.3 Å². The molecule has 8 heteroatoms. The van der Waals surface area contributed by atoms with Crippen molar-refractivity contribution in [1.29, 1.82) is 0 Å². The van der Waals surface area contributed by atoms with Gasteiger partial charge in [-0.05, 0) is 0 Å². The summed E-state index contributed by atoms with van der Waals surface area (Å²) in [5.74, 6) is 0. The Bertz CT molecular complexity index is 347. The zero-order valence-corrected chi connectivity index (χ0v) is 7.45. The maximum atomic E-state index is 12.2. The van der Waals surface area contributed by atoms with Crippen molar-refractivity contribution in [3.8, 4) is 0 Å². The normalized spacial score (nSPS) is 13.3. The highest BCUT2D eigenvalue weighted by Crippen LogP contribution is 2.33. The highest BCUT2D eigenvalue weighted by atomic mass is 19.4. The fourth-order valence-corrected chi connectivity index (χ4v) is 1.12. The highest BCUT2D eigenvalue weighted by molar-refractivity contribution is 5.21. The van der Waals surface area contributed by atoms with Crippen LogP contribution >= 0.6 is 0 Å². The average molecular weight is 232 g/mol. The smallest absolute Gasteiger partial charge is 0.275 e. The van der Waals surface area contributed by atoms with Crippen LogP contribution in [0.15, 0.2) is 6.20 Å². The van der Waals surface area contributed by atoms with Gasteiger partial charge in [-0.25, -0.2) is 0 Å². The Kier molecular flexibility index (Phi) is 2.71. The third-order valence-corrected chi connectivity index (χ3v) is 1.56. The second-order valence-corrected chi connectivity index (χ2v) is 2.97. The Morgan fingerprint density at radius 2 is 1.73 bits per heavy atom. The molecule has 1 aromatic heterocycles. The largest absolute Gasteiger partial charge is 0.435 e. The van der Waals surface area contributed by atoms with E-state index in [2.05, 4.69) is 5.10 Å². The van der Waals surface area contributed by atoms with Gasteiger partial charge in [-0.15, -0.1) is 0 Å². The number of alkyl halides is 6. The Labute approximate surface area is 80.5 Å². The van der Waals surface area contributed by atoms with E-state index >= 15 is 0 Å². The van der Waals surface area contributed by atoms with Gasteiger partial charge in [0.25, 0.3) is 0 Å². The van der Waals surface area contributed by atoms with Crippen LogP contribution in [0.2, 0.25) is 0 Å². The van der Waals surface area contributed by atoms with Gasteiger partial charge in [0.1, 0.15) is 0 Å². The highest BCUT2D eigenvalue weighted by Gasteiger charge is 2.40. The Morgan fingerprint density at radius 1 is 1.20 bits per heavy atom. The van der Waals surface area contributed by atoms with Crippen LogP contribution in [0.4, 0.5) is 26.3 Å². The Morgan fingerprint density at radius 3 is 2.13 bits per heavy atom. The lowest BCUT2D eigenvalue weighted by Crippen LogP contribution is -2.16. The van der Waals surface area contributed by atoms with Crippen LogP contribution in [0, 0.1) is 0 Å². The van der Waals surface area contributed by atoms with Crippen molar-refractivity contribution in [2.75, 3.05) is 0 Å². The molecule has 0 saturated heterocycles. The molecular formula is C7H6F6N2. The van der Waals surface area contributed by atoms with Gasteiger partial charge in [0.15, 0.2) is 5.69 Å². The van der Waals surface area contributed by atoms with Crippen molar-refractivity contribution in [3.05, 3.63) is 17.5 Å². The van der Waals surface area contributed by atoms with Crippen LogP contribution in [-0.4, -0.2) is 16.0 Å². The molecule has 0 bridgehead atoms. The van der Waals surface area contributed by atoms with Gasteiger partial charge in [-0.1, -0.05) is 0 Å². The number of halogens is 6. The van der Waals surface area contributed by atoms with Crippen LogP contribution in [0.25, 0.3) is 0 Å². The maximum Gasteiger partial charge on any atom is 0.435 e. The minimum absolute atomic E-state index is 0.712. The van der Waals surface area contributed by atoms with Crippen LogP contribution < -0.4 is 0 Å². The lowest BCUT2D eigenvalue weighted by atomic mass is 10.2. The topological polar surface area (TPSA) is 17.8 Å². The zero-order valence-electron chi connectivity index (χ0n) is 7.45. The molecule has 1 aromatic rings. The first-order valence-corrected chi connectivity index (χ1v) is 3.76. The third-order valence-electron chi connectivity index (χ3n) is 1.56. The fourth-order valence-electron chi connectivity index (χ4n) is 1.12. The van der Waals surface area contributed by atoms with Gasteiger partial charge in [-0.2, -0.15) is 31.4 Å². The molecule has 15 heavy (non-hydrogen) atoms. The summed E-state index contributed by atoms with van der Waals surface area (Å²) in [5, 5.41) is 2.96. The van der Waals surface area contributed by atoms with E-state index in [0.717, 1.165) is 13.2 Å². The van der Waals surface area contributed by atoms with Gasteiger partial charge >= 0.3 is 12.4 Å². The van der Waals surface area contributed by atoms with Gasteiger partial charge in [0.2, 0.25) is 0 Å². The van der Waals surface area contributed by atoms with E-state index in [0.29, 0.717) is 4.68 Å². The summed E-state index contributed by atoms with van der Waals surface area (Å²) in [7, 11) is 1.13. The minimum Gasteiger partial charge on any atom is -0.275 e. The quantitative estimate of drug-likeness (QED) is 0.680. The Balaban J connectivity index is 3.08. The van der Waals surface area contributed by atoms with Crippen LogP contribution in [0.3, 0.4) is 0 Å². The van der Waals surface area contributed by atoms with E-state index in [4.69, 9.17) is 0 Å². The molecule has 0 aliphatic heterocycles. The molecule has 0 atom stereocenters. The van der Waals surface area contributed by atoms with E-state index < -0.39 is 30.0 Å². The first-order valence-electron chi connectivity index (χ1n) is 3.76. The molecule has 0 amide bonds. The standard InChI is InChI=1S/C7H6F6N2/c1-15-3-4(2-6(8,9)10)5(14-15)7(11,12)13/h3H,2H2,1H3. The Hall–Kier alpha value is -1.21. The van der Waals surface area contributed by atoms with Gasteiger partial charge in [0, 0.05) is 18.8 Å². The summed E-state index contributed by atoms with van der Waals surface area (Å²) in [6.07, 6.45) is -10.4. The second kappa shape index (κ2) is 3.42. The summed E-state index contributed by atoms with van der Waals surface area (Å²) in [6, 6.07) is 0. The van der Waals surface area contributed by atoms with Crippen LogP contribution in [0.5, 0.6) is 0 Å². The number of hydrogen-bond donors (Lipinski definition) is 0. The van der Waals surface area contributed by atoms with Crippen molar-refractivity contribution >= 4 is 0 Å². The number of aryl methyl sites for hydroxylation is 1. The van der Waals surface area contributed by atoms with E-state index in [-0.39, 0.29) is 0 Å². The maximum absolute atomic E-state index is 12.2. The van der Waals surface area contributed by atoms with E-state index in [1.54, 1.807) is 0 Å². The molecule has 0 spiro atoms. The van der Waals surface area contributed by atoms with E-state index in [1.807, 2.05) is 0 Å². The number of aromatic nitrogens is 2. The number of rotatable bonds is 1. The van der Waals surface area contributed by atoms with Crippen molar-refractivity contribution in [1.82, 2.24) is 9.78 Å². The summed E-state index contributed by atoms with van der Waals surface area (Å²) in [6.45, 7) is 0. The first kappa shape index (κ1) is 11.9. The first-order chi connectivity index (χ1) is 6.59. The van der Waals surface area contributed by atoms with Crippen molar-refractivity contribution in [2.45, 2.75) is 18.8 Å². The molecule has 2 nitrogen and oxygen atoms in total. The third kappa shape index (κ3) is 3.14. The molecule has 0 aliphatic carbocycles. The molecule has 0 unspecified atom stereocenters. The molecule has 0 saturated carbocycles. The van der Waals surface area contributed by atoms with Crippen molar-refractivity contribution in [2.24, 2.45) is 7.05 Å². The minimum atomic E-state index is -4.86. The molecule has 1 heterocycles. The summed E-state index contributed by atoms with van der Waals surface area (Å²) < 4.78 is 73.0. The summed E-state index contributed by atoms with van der Waals surface area (Å²) in [5.41, 5.74) is -2.35. The second-order valence-electron chi connectivity index (χ2n) is 2.97. The lowest BCUT2D eigenvalue weighted by molar-refractivity contribution is -0.146. The lowest BCUT2D eigenvalue weighted by Gasteiger charge is -2.07. The molecule has 86 valence electrons. The van der Waals surface area contributed by atoms with E-state index in [1.165, 1.54) is 0 Å². The number of hydrogen-bond acceptors (Lipinski definition) is 1. The zero-order chi connectivity index (χ0) is 11.9. The molecule has 0 aromatic carbocycles. The van der Waals surface area contributed by atoms with Gasteiger partial charge < -0.3 is 0 Å². The predicted octanol–water partition coefficient (Wildman–Crippen LogP) is 2.54. The summed E-state index contributed by atoms with van der Waals surface area (Å²) >= 11 is 0. The van der Waals surface area contributed by atoms with Gasteiger partial charge in [-0.3, -0.25) is 4.68 Å². The monoisotopic (exact) mass is 232 g/mol. The molecule has 0 radical (unpaired) electrons. The summed E-state index contributed by atoms with van der Waals surface area (Å²) in [4.78, 5) is 0. The predicted molar refractivity (Wildman–Crippen MR) is 38.0 cm³/mol. The van der Waals surface area contributed by atoms with Crippen LogP contribution in [0.1, 0.15) is 11.3 Å². The van der Waals surface area contributed by atoms with Gasteiger partial charge in [0.05, 0.1) is 6.42 Å². The fraction of sp³-hybridized carbons (Fsp3) is 0.571. The molecule has 0 N–H and O–H groups in total. The molecule has 0 aliphatic rings.